The predicted molar refractivity (Wildman–Crippen MR) is 126 cm³/mol. The molecule has 172 valence electrons. The van der Waals surface area contributed by atoms with Crippen LogP contribution in [0.2, 0.25) is 0 Å². The number of hydrogen-bond donors (Lipinski definition) is 2. The van der Waals surface area contributed by atoms with Crippen LogP contribution in [0.1, 0.15) is 19.3 Å². The van der Waals surface area contributed by atoms with Gasteiger partial charge in [-0.1, -0.05) is 18.2 Å². The van der Waals surface area contributed by atoms with E-state index >= 15 is 0 Å². The van der Waals surface area contributed by atoms with E-state index < -0.39 is 22.0 Å². The van der Waals surface area contributed by atoms with Gasteiger partial charge in [-0.3, -0.25) is 14.6 Å². The van der Waals surface area contributed by atoms with Gasteiger partial charge in [-0.05, 0) is 55.5 Å². The van der Waals surface area contributed by atoms with Crippen molar-refractivity contribution >= 4 is 39.3 Å². The van der Waals surface area contributed by atoms with Crippen molar-refractivity contribution in [3.63, 3.8) is 0 Å². The SMILES string of the molecule is CSCC[C@H](NC(=O)[C@@H]1CCCN(S(=O)(=O)c2ccccc2)C1)C(=O)Nc1cccnc1. The fourth-order valence-corrected chi connectivity index (χ4v) is 5.59. The Kier molecular flexibility index (Phi) is 8.66. The molecule has 32 heavy (non-hydrogen) atoms. The van der Waals surface area contributed by atoms with Crippen molar-refractivity contribution in [1.82, 2.24) is 14.6 Å². The number of nitrogens with zero attached hydrogens (tertiary/aromatic N) is 2. The van der Waals surface area contributed by atoms with Crippen molar-refractivity contribution in [2.45, 2.75) is 30.2 Å². The Morgan fingerprint density at radius 1 is 1.22 bits per heavy atom. The number of amides is 2. The van der Waals surface area contributed by atoms with Crippen molar-refractivity contribution in [1.29, 1.82) is 0 Å². The van der Waals surface area contributed by atoms with Crippen LogP contribution in [0.5, 0.6) is 0 Å². The fraction of sp³-hybridized carbons (Fsp3) is 0.409. The monoisotopic (exact) mass is 476 g/mol. The molecule has 2 heterocycles. The predicted octanol–water partition coefficient (Wildman–Crippen LogP) is 2.36. The van der Waals surface area contributed by atoms with Gasteiger partial charge in [0.05, 0.1) is 22.7 Å². The number of piperidine rings is 1. The topological polar surface area (TPSA) is 108 Å². The molecular weight excluding hydrogens is 448 g/mol. The third-order valence-corrected chi connectivity index (χ3v) is 7.83. The summed E-state index contributed by atoms with van der Waals surface area (Å²) in [4.78, 5) is 30.0. The fourth-order valence-electron chi connectivity index (χ4n) is 3.58. The van der Waals surface area contributed by atoms with Crippen molar-refractivity contribution < 1.29 is 18.0 Å². The molecule has 0 unspecified atom stereocenters. The molecule has 2 atom stereocenters. The number of carbonyl (C=O) groups is 2. The van der Waals surface area contributed by atoms with Gasteiger partial charge in [0, 0.05) is 19.3 Å². The number of pyridine rings is 1. The zero-order valence-corrected chi connectivity index (χ0v) is 19.6. The van der Waals surface area contributed by atoms with Gasteiger partial charge in [-0.15, -0.1) is 0 Å². The zero-order chi connectivity index (χ0) is 23.0. The van der Waals surface area contributed by atoms with Crippen molar-refractivity contribution in [3.8, 4) is 0 Å². The lowest BCUT2D eigenvalue weighted by Crippen LogP contribution is -2.50. The molecule has 0 saturated carbocycles. The molecule has 1 aliphatic rings. The summed E-state index contributed by atoms with van der Waals surface area (Å²) in [5.41, 5.74) is 0.554. The largest absolute Gasteiger partial charge is 0.344 e. The Bertz CT molecular complexity index is 1000. The third kappa shape index (κ3) is 6.30. The molecule has 1 aliphatic heterocycles. The summed E-state index contributed by atoms with van der Waals surface area (Å²) in [5.74, 6) is -0.425. The van der Waals surface area contributed by atoms with Gasteiger partial charge in [-0.25, -0.2) is 8.42 Å². The minimum atomic E-state index is -3.66. The number of hydrogen-bond acceptors (Lipinski definition) is 6. The van der Waals surface area contributed by atoms with E-state index in [-0.39, 0.29) is 23.3 Å². The molecule has 1 fully saturated rings. The van der Waals surface area contributed by atoms with E-state index in [2.05, 4.69) is 15.6 Å². The van der Waals surface area contributed by atoms with Gasteiger partial charge in [0.1, 0.15) is 6.04 Å². The molecule has 1 saturated heterocycles. The molecule has 2 N–H and O–H groups in total. The number of benzene rings is 1. The lowest BCUT2D eigenvalue weighted by Gasteiger charge is -2.32. The Balaban J connectivity index is 1.66. The first kappa shape index (κ1) is 24.2. The maximum atomic E-state index is 13.0. The van der Waals surface area contributed by atoms with E-state index in [1.807, 2.05) is 6.26 Å². The lowest BCUT2D eigenvalue weighted by molar-refractivity contribution is -0.130. The highest BCUT2D eigenvalue weighted by atomic mass is 32.2. The van der Waals surface area contributed by atoms with Crippen LogP contribution in [0.25, 0.3) is 0 Å². The first-order valence-electron chi connectivity index (χ1n) is 10.5. The Morgan fingerprint density at radius 3 is 2.69 bits per heavy atom. The van der Waals surface area contributed by atoms with Gasteiger partial charge in [0.15, 0.2) is 0 Å². The summed E-state index contributed by atoms with van der Waals surface area (Å²) in [7, 11) is -3.66. The van der Waals surface area contributed by atoms with Crippen LogP contribution in [0.15, 0.2) is 59.8 Å². The highest BCUT2D eigenvalue weighted by molar-refractivity contribution is 7.98. The van der Waals surface area contributed by atoms with Crippen LogP contribution >= 0.6 is 11.8 Å². The first-order valence-corrected chi connectivity index (χ1v) is 13.3. The van der Waals surface area contributed by atoms with E-state index in [1.54, 1.807) is 66.6 Å². The number of sulfonamides is 1. The highest BCUT2D eigenvalue weighted by Gasteiger charge is 2.34. The molecule has 0 radical (unpaired) electrons. The van der Waals surface area contributed by atoms with Crippen LogP contribution in [0, 0.1) is 5.92 Å². The third-order valence-electron chi connectivity index (χ3n) is 5.31. The molecule has 1 aromatic carbocycles. The van der Waals surface area contributed by atoms with Crippen LogP contribution in [0.3, 0.4) is 0 Å². The minimum Gasteiger partial charge on any atom is -0.344 e. The average Bonchev–Trinajstić information content (AvgIpc) is 2.82. The van der Waals surface area contributed by atoms with Gasteiger partial charge >= 0.3 is 0 Å². The van der Waals surface area contributed by atoms with Gasteiger partial charge in [-0.2, -0.15) is 16.1 Å². The summed E-state index contributed by atoms with van der Waals surface area (Å²) in [6.07, 6.45) is 6.72. The Morgan fingerprint density at radius 2 is 2.00 bits per heavy atom. The summed E-state index contributed by atoms with van der Waals surface area (Å²) >= 11 is 1.59. The van der Waals surface area contributed by atoms with E-state index in [9.17, 15) is 18.0 Å². The number of rotatable bonds is 9. The van der Waals surface area contributed by atoms with E-state index in [4.69, 9.17) is 0 Å². The minimum absolute atomic E-state index is 0.0997. The maximum Gasteiger partial charge on any atom is 0.247 e. The number of carbonyl (C=O) groups excluding carboxylic acids is 2. The highest BCUT2D eigenvalue weighted by Crippen LogP contribution is 2.24. The molecular formula is C22H28N4O4S2. The number of aromatic nitrogens is 1. The van der Waals surface area contributed by atoms with E-state index in [0.29, 0.717) is 37.2 Å². The number of nitrogens with one attached hydrogen (secondary N) is 2. The molecule has 0 aliphatic carbocycles. The smallest absolute Gasteiger partial charge is 0.247 e. The van der Waals surface area contributed by atoms with Gasteiger partial charge in [0.2, 0.25) is 21.8 Å². The molecule has 2 aromatic rings. The normalized spacial score (nSPS) is 18.0. The second-order valence-corrected chi connectivity index (χ2v) is 10.5. The second kappa shape index (κ2) is 11.4. The van der Waals surface area contributed by atoms with Crippen LogP contribution in [0.4, 0.5) is 5.69 Å². The maximum absolute atomic E-state index is 13.0. The standard InChI is InChI=1S/C22H28N4O4S2/c1-31-14-11-20(22(28)24-18-8-5-12-23-15-18)25-21(27)17-7-6-13-26(16-17)32(29,30)19-9-3-2-4-10-19/h2-5,8-10,12,15,17,20H,6-7,11,13-14,16H2,1H3,(H,24,28)(H,25,27)/t17-,20+/m1/s1. The molecule has 10 heteroatoms. The van der Waals surface area contributed by atoms with Crippen LogP contribution in [-0.2, 0) is 19.6 Å². The van der Waals surface area contributed by atoms with Gasteiger partial charge in [0.25, 0.3) is 0 Å². The first-order chi connectivity index (χ1) is 15.4. The van der Waals surface area contributed by atoms with Crippen molar-refractivity contribution in [2.24, 2.45) is 5.92 Å². The zero-order valence-electron chi connectivity index (χ0n) is 17.9. The summed E-state index contributed by atoms with van der Waals surface area (Å²) < 4.78 is 27.3. The average molecular weight is 477 g/mol. The summed E-state index contributed by atoms with van der Waals surface area (Å²) in [6.45, 7) is 0.473. The molecule has 1 aromatic heterocycles. The van der Waals surface area contributed by atoms with E-state index in [0.717, 1.165) is 0 Å². The van der Waals surface area contributed by atoms with Crippen molar-refractivity contribution in [3.05, 3.63) is 54.9 Å². The molecule has 8 nitrogen and oxygen atoms in total. The van der Waals surface area contributed by atoms with Gasteiger partial charge < -0.3 is 10.6 Å². The van der Waals surface area contributed by atoms with E-state index in [1.165, 1.54) is 4.31 Å². The molecule has 3 rings (SSSR count). The number of anilines is 1. The Hall–Kier alpha value is -2.43. The molecule has 0 bridgehead atoms. The molecule has 2 amide bonds. The Labute approximate surface area is 193 Å². The number of thioether (sulfide) groups is 1. The van der Waals surface area contributed by atoms with Crippen molar-refractivity contribution in [2.75, 3.05) is 30.4 Å². The lowest BCUT2D eigenvalue weighted by atomic mass is 9.98. The quantitative estimate of drug-likeness (QED) is 0.575. The summed E-state index contributed by atoms with van der Waals surface area (Å²) in [6, 6.07) is 11.0. The summed E-state index contributed by atoms with van der Waals surface area (Å²) in [5, 5.41) is 5.63. The second-order valence-electron chi connectivity index (χ2n) is 7.59. The van der Waals surface area contributed by atoms with Crippen LogP contribution < -0.4 is 10.6 Å². The molecule has 0 spiro atoms. The van der Waals surface area contributed by atoms with Crippen LogP contribution in [-0.4, -0.2) is 60.7 Å².